The molecule has 0 amide bonds. The summed E-state index contributed by atoms with van der Waals surface area (Å²) < 4.78 is 27.6. The summed E-state index contributed by atoms with van der Waals surface area (Å²) in [5.74, 6) is -1.42. The first-order valence-electron chi connectivity index (χ1n) is 7.73. The molecule has 1 rings (SSSR count). The van der Waals surface area contributed by atoms with Crippen LogP contribution in [-0.4, -0.2) is 7.05 Å². The minimum atomic E-state index is -0.717. The summed E-state index contributed by atoms with van der Waals surface area (Å²) in [7, 11) is 1.80. The largest absolute Gasteiger partial charge is 0.313 e. The molecule has 3 heteroatoms. The summed E-state index contributed by atoms with van der Waals surface area (Å²) in [5.41, 5.74) is 0.810. The number of rotatable bonds is 9. The minimum absolute atomic E-state index is 0.101. The Bertz CT molecular complexity index is 404. The number of aryl methyl sites for hydroxylation is 1. The van der Waals surface area contributed by atoms with Gasteiger partial charge in [0.05, 0.1) is 0 Å². The van der Waals surface area contributed by atoms with Crippen LogP contribution < -0.4 is 5.32 Å². The van der Waals surface area contributed by atoms with E-state index >= 15 is 0 Å². The summed E-state index contributed by atoms with van der Waals surface area (Å²) in [6, 6.07) is 3.25. The van der Waals surface area contributed by atoms with Gasteiger partial charge >= 0.3 is 0 Å². The molecule has 0 radical (unpaired) electrons. The van der Waals surface area contributed by atoms with E-state index in [4.69, 9.17) is 0 Å². The molecule has 1 aromatic carbocycles. The van der Waals surface area contributed by atoms with Gasteiger partial charge in [0.2, 0.25) is 0 Å². The average molecular weight is 283 g/mol. The lowest BCUT2D eigenvalue weighted by Crippen LogP contribution is -2.18. The zero-order chi connectivity index (χ0) is 15.0. The molecular formula is C17H27F2N. The molecule has 114 valence electrons. The van der Waals surface area contributed by atoms with Crippen molar-refractivity contribution in [1.82, 2.24) is 5.32 Å². The molecule has 0 bridgehead atoms. The van der Waals surface area contributed by atoms with Crippen LogP contribution in [0.2, 0.25) is 0 Å². The van der Waals surface area contributed by atoms with Crippen molar-refractivity contribution in [2.75, 3.05) is 7.05 Å². The van der Waals surface area contributed by atoms with Crippen LogP contribution in [0.15, 0.2) is 12.1 Å². The molecule has 0 fully saturated rings. The molecule has 0 aliphatic carbocycles. The second-order valence-corrected chi connectivity index (χ2v) is 5.50. The van der Waals surface area contributed by atoms with Gasteiger partial charge in [0.15, 0.2) is 11.6 Å². The van der Waals surface area contributed by atoms with Crippen LogP contribution >= 0.6 is 0 Å². The molecule has 0 saturated heterocycles. The van der Waals surface area contributed by atoms with E-state index in [1.807, 2.05) is 0 Å². The Balaban J connectivity index is 2.52. The Hall–Kier alpha value is -0.960. The van der Waals surface area contributed by atoms with Crippen LogP contribution in [0.25, 0.3) is 0 Å². The number of hydrogen-bond acceptors (Lipinski definition) is 1. The van der Waals surface area contributed by atoms with Crippen LogP contribution in [0.4, 0.5) is 8.78 Å². The number of hydrogen-bond donors (Lipinski definition) is 1. The van der Waals surface area contributed by atoms with Gasteiger partial charge in [-0.15, -0.1) is 0 Å². The third kappa shape index (κ3) is 4.86. The van der Waals surface area contributed by atoms with Gasteiger partial charge in [-0.25, -0.2) is 8.78 Å². The van der Waals surface area contributed by atoms with Crippen molar-refractivity contribution >= 4 is 0 Å². The number of unbranched alkanes of at least 4 members (excludes halogenated alkanes) is 5. The Kier molecular flexibility index (Phi) is 7.75. The molecule has 1 atom stereocenters. The van der Waals surface area contributed by atoms with Crippen molar-refractivity contribution < 1.29 is 8.78 Å². The quantitative estimate of drug-likeness (QED) is 0.608. The van der Waals surface area contributed by atoms with Gasteiger partial charge in [-0.05, 0) is 26.0 Å². The molecule has 0 aliphatic heterocycles. The van der Waals surface area contributed by atoms with E-state index in [9.17, 15) is 8.78 Å². The van der Waals surface area contributed by atoms with Gasteiger partial charge in [0.25, 0.3) is 0 Å². The highest BCUT2D eigenvalue weighted by Crippen LogP contribution is 2.25. The topological polar surface area (TPSA) is 12.0 Å². The molecule has 0 heterocycles. The summed E-state index contributed by atoms with van der Waals surface area (Å²) in [6.07, 6.45) is 8.09. The van der Waals surface area contributed by atoms with Crippen molar-refractivity contribution in [2.24, 2.45) is 0 Å². The van der Waals surface area contributed by atoms with Crippen LogP contribution in [0.1, 0.15) is 69.0 Å². The monoisotopic (exact) mass is 283 g/mol. The normalized spacial score (nSPS) is 12.7. The second-order valence-electron chi connectivity index (χ2n) is 5.50. The molecule has 0 saturated carbocycles. The molecule has 1 unspecified atom stereocenters. The van der Waals surface area contributed by atoms with Crippen molar-refractivity contribution in [3.8, 4) is 0 Å². The van der Waals surface area contributed by atoms with Gasteiger partial charge < -0.3 is 5.32 Å². The van der Waals surface area contributed by atoms with Crippen molar-refractivity contribution in [3.05, 3.63) is 34.9 Å². The van der Waals surface area contributed by atoms with Crippen molar-refractivity contribution in [2.45, 2.75) is 64.8 Å². The van der Waals surface area contributed by atoms with E-state index in [-0.39, 0.29) is 6.04 Å². The van der Waals surface area contributed by atoms with Gasteiger partial charge in [0.1, 0.15) is 0 Å². The number of nitrogens with one attached hydrogen (secondary N) is 1. The highest BCUT2D eigenvalue weighted by molar-refractivity contribution is 5.27. The first-order valence-corrected chi connectivity index (χ1v) is 7.73. The summed E-state index contributed by atoms with van der Waals surface area (Å²) in [5, 5.41) is 3.10. The van der Waals surface area contributed by atoms with E-state index in [2.05, 4.69) is 12.2 Å². The maximum atomic E-state index is 14.0. The molecule has 0 spiro atoms. The van der Waals surface area contributed by atoms with Crippen LogP contribution in [0, 0.1) is 18.6 Å². The van der Waals surface area contributed by atoms with E-state index < -0.39 is 11.6 Å². The number of halogens is 2. The maximum absolute atomic E-state index is 14.0. The predicted octanol–water partition coefficient (Wildman–Crippen LogP) is 5.28. The lowest BCUT2D eigenvalue weighted by Gasteiger charge is -2.18. The Morgan fingerprint density at radius 3 is 2.30 bits per heavy atom. The Morgan fingerprint density at radius 1 is 1.00 bits per heavy atom. The first kappa shape index (κ1) is 17.1. The average Bonchev–Trinajstić information content (AvgIpc) is 2.45. The second kappa shape index (κ2) is 9.06. The van der Waals surface area contributed by atoms with E-state index in [1.54, 1.807) is 26.1 Å². The minimum Gasteiger partial charge on any atom is -0.313 e. The fourth-order valence-electron chi connectivity index (χ4n) is 2.51. The molecular weight excluding hydrogens is 256 g/mol. The SMILES string of the molecule is CCCCCCCCC(NC)c1ccc(C)c(F)c1F. The summed E-state index contributed by atoms with van der Waals surface area (Å²) in [6.45, 7) is 3.79. The highest BCUT2D eigenvalue weighted by atomic mass is 19.2. The third-order valence-electron chi connectivity index (χ3n) is 3.88. The standard InChI is InChI=1S/C17H27F2N/c1-4-5-6-7-8-9-10-15(20-3)14-12-11-13(2)16(18)17(14)19/h11-12,15,20H,4-10H2,1-3H3. The predicted molar refractivity (Wildman–Crippen MR) is 80.9 cm³/mol. The molecule has 1 N–H and O–H groups in total. The molecule has 1 nitrogen and oxygen atoms in total. The van der Waals surface area contributed by atoms with Crippen molar-refractivity contribution in [3.63, 3.8) is 0 Å². The molecule has 0 aromatic heterocycles. The first-order chi connectivity index (χ1) is 9.61. The van der Waals surface area contributed by atoms with Crippen LogP contribution in [-0.2, 0) is 0 Å². The zero-order valence-corrected chi connectivity index (χ0v) is 12.9. The molecule has 1 aromatic rings. The Morgan fingerprint density at radius 2 is 1.65 bits per heavy atom. The van der Waals surface area contributed by atoms with Gasteiger partial charge in [-0.3, -0.25) is 0 Å². The maximum Gasteiger partial charge on any atom is 0.163 e. The lowest BCUT2D eigenvalue weighted by molar-refractivity contribution is 0.447. The summed E-state index contributed by atoms with van der Waals surface area (Å²) in [4.78, 5) is 0. The smallest absolute Gasteiger partial charge is 0.163 e. The van der Waals surface area contributed by atoms with Gasteiger partial charge in [0, 0.05) is 11.6 Å². The van der Waals surface area contributed by atoms with E-state index in [1.165, 1.54) is 25.7 Å². The fraction of sp³-hybridized carbons (Fsp3) is 0.647. The highest BCUT2D eigenvalue weighted by Gasteiger charge is 2.17. The van der Waals surface area contributed by atoms with Crippen molar-refractivity contribution in [1.29, 1.82) is 0 Å². The van der Waals surface area contributed by atoms with Crippen LogP contribution in [0.3, 0.4) is 0 Å². The summed E-state index contributed by atoms with van der Waals surface area (Å²) >= 11 is 0. The zero-order valence-electron chi connectivity index (χ0n) is 12.9. The molecule has 0 aliphatic rings. The molecule has 20 heavy (non-hydrogen) atoms. The van der Waals surface area contributed by atoms with Gasteiger partial charge in [-0.1, -0.05) is 57.6 Å². The van der Waals surface area contributed by atoms with E-state index in [0.717, 1.165) is 19.3 Å². The van der Waals surface area contributed by atoms with Gasteiger partial charge in [-0.2, -0.15) is 0 Å². The lowest BCUT2D eigenvalue weighted by atomic mass is 9.98. The number of benzene rings is 1. The Labute approximate surface area is 121 Å². The van der Waals surface area contributed by atoms with E-state index in [0.29, 0.717) is 11.1 Å². The van der Waals surface area contributed by atoms with Crippen LogP contribution in [0.5, 0.6) is 0 Å². The fourth-order valence-corrected chi connectivity index (χ4v) is 2.51. The third-order valence-corrected chi connectivity index (χ3v) is 3.88.